The number of hydrogen-bond acceptors (Lipinski definition) is 4. The first-order valence-corrected chi connectivity index (χ1v) is 8.31. The van der Waals surface area contributed by atoms with Gasteiger partial charge >= 0.3 is 5.97 Å². The van der Waals surface area contributed by atoms with E-state index in [4.69, 9.17) is 9.84 Å². The molecule has 1 aromatic carbocycles. The standard InChI is InChI=1S/C16H19BrN2O5/c1-10(20)18-13(11-2-4-12(17)5-3-11)8-15(21)19-6-7-24-14(9-19)16(22)23/h2-5,13-14H,6-9H2,1H3,(H,18,20)(H,22,23)/t13-,14-/m1/s1. The van der Waals surface area contributed by atoms with E-state index in [2.05, 4.69) is 21.2 Å². The van der Waals surface area contributed by atoms with Gasteiger partial charge in [0.25, 0.3) is 0 Å². The lowest BCUT2D eigenvalue weighted by atomic mass is 10.0. The quantitative estimate of drug-likeness (QED) is 0.779. The van der Waals surface area contributed by atoms with Crippen LogP contribution in [0.15, 0.2) is 28.7 Å². The van der Waals surface area contributed by atoms with E-state index in [1.807, 2.05) is 24.3 Å². The summed E-state index contributed by atoms with van der Waals surface area (Å²) in [6.07, 6.45) is -0.942. The molecule has 24 heavy (non-hydrogen) atoms. The molecule has 0 aliphatic carbocycles. The molecule has 2 amide bonds. The van der Waals surface area contributed by atoms with Crippen molar-refractivity contribution in [3.63, 3.8) is 0 Å². The summed E-state index contributed by atoms with van der Waals surface area (Å²) < 4.78 is 6.02. The van der Waals surface area contributed by atoms with E-state index in [0.29, 0.717) is 6.54 Å². The van der Waals surface area contributed by atoms with Crippen LogP contribution in [-0.4, -0.2) is 53.6 Å². The number of morpholine rings is 1. The zero-order chi connectivity index (χ0) is 17.7. The molecule has 0 unspecified atom stereocenters. The lowest BCUT2D eigenvalue weighted by Gasteiger charge is -2.32. The van der Waals surface area contributed by atoms with Crippen LogP contribution >= 0.6 is 15.9 Å². The van der Waals surface area contributed by atoms with Gasteiger partial charge in [0.05, 0.1) is 25.6 Å². The second kappa shape index (κ2) is 8.25. The number of ether oxygens (including phenoxy) is 1. The summed E-state index contributed by atoms with van der Waals surface area (Å²) >= 11 is 3.35. The number of hydrogen-bond donors (Lipinski definition) is 2. The first kappa shape index (κ1) is 18.4. The molecule has 0 bridgehead atoms. The minimum Gasteiger partial charge on any atom is -0.479 e. The summed E-state index contributed by atoms with van der Waals surface area (Å²) in [5.41, 5.74) is 0.810. The molecule has 0 radical (unpaired) electrons. The van der Waals surface area contributed by atoms with Crippen LogP contribution in [0, 0.1) is 0 Å². The number of rotatable bonds is 5. The van der Waals surface area contributed by atoms with Gasteiger partial charge in [0.1, 0.15) is 0 Å². The van der Waals surface area contributed by atoms with Crippen LogP contribution < -0.4 is 5.32 Å². The van der Waals surface area contributed by atoms with Gasteiger partial charge in [0.15, 0.2) is 6.10 Å². The van der Waals surface area contributed by atoms with E-state index in [1.165, 1.54) is 11.8 Å². The second-order valence-corrected chi connectivity index (χ2v) is 6.46. The first-order valence-electron chi connectivity index (χ1n) is 7.51. The third-order valence-corrected chi connectivity index (χ3v) is 4.25. The van der Waals surface area contributed by atoms with E-state index in [1.54, 1.807) is 0 Å². The molecular formula is C16H19BrN2O5. The van der Waals surface area contributed by atoms with Crippen molar-refractivity contribution in [3.05, 3.63) is 34.3 Å². The smallest absolute Gasteiger partial charge is 0.334 e. The minimum atomic E-state index is -1.08. The Hall–Kier alpha value is -1.93. The molecule has 2 rings (SSSR count). The van der Waals surface area contributed by atoms with Crippen LogP contribution in [0.25, 0.3) is 0 Å². The number of halogens is 1. The number of carbonyl (C=O) groups is 3. The minimum absolute atomic E-state index is 0.0152. The predicted molar refractivity (Wildman–Crippen MR) is 89.3 cm³/mol. The molecule has 0 aromatic heterocycles. The number of amides is 2. The van der Waals surface area contributed by atoms with E-state index in [0.717, 1.165) is 10.0 Å². The monoisotopic (exact) mass is 398 g/mol. The number of nitrogens with one attached hydrogen (secondary N) is 1. The second-order valence-electron chi connectivity index (χ2n) is 5.55. The van der Waals surface area contributed by atoms with Gasteiger partial charge in [-0.1, -0.05) is 28.1 Å². The molecule has 1 aromatic rings. The third kappa shape index (κ3) is 5.04. The van der Waals surface area contributed by atoms with Crippen molar-refractivity contribution in [2.45, 2.75) is 25.5 Å². The van der Waals surface area contributed by atoms with Gasteiger partial charge in [-0.05, 0) is 17.7 Å². The zero-order valence-corrected chi connectivity index (χ0v) is 14.8. The maximum atomic E-state index is 12.5. The summed E-state index contributed by atoms with van der Waals surface area (Å²) in [6, 6.07) is 6.87. The Balaban J connectivity index is 2.08. The fourth-order valence-electron chi connectivity index (χ4n) is 2.52. The van der Waals surface area contributed by atoms with Gasteiger partial charge in [-0.25, -0.2) is 4.79 Å². The third-order valence-electron chi connectivity index (χ3n) is 3.72. The number of carboxylic acid groups (broad SMARTS) is 1. The largest absolute Gasteiger partial charge is 0.479 e. The van der Waals surface area contributed by atoms with Crippen molar-refractivity contribution in [1.82, 2.24) is 10.2 Å². The zero-order valence-electron chi connectivity index (χ0n) is 13.2. The summed E-state index contributed by atoms with van der Waals surface area (Å²) in [5, 5.41) is 11.8. The molecule has 8 heteroatoms. The highest BCUT2D eigenvalue weighted by molar-refractivity contribution is 9.10. The van der Waals surface area contributed by atoms with Crippen molar-refractivity contribution < 1.29 is 24.2 Å². The number of benzene rings is 1. The van der Waals surface area contributed by atoms with Crippen molar-refractivity contribution in [3.8, 4) is 0 Å². The fourth-order valence-corrected chi connectivity index (χ4v) is 2.79. The molecule has 1 fully saturated rings. The molecule has 2 N–H and O–H groups in total. The topological polar surface area (TPSA) is 95.9 Å². The Bertz CT molecular complexity index is 619. The van der Waals surface area contributed by atoms with Gasteiger partial charge < -0.3 is 20.1 Å². The number of carboxylic acids is 1. The van der Waals surface area contributed by atoms with Crippen LogP contribution in [0.3, 0.4) is 0 Å². The SMILES string of the molecule is CC(=O)N[C@H](CC(=O)N1CCO[C@@H](C(=O)O)C1)c1ccc(Br)cc1. The van der Waals surface area contributed by atoms with E-state index in [9.17, 15) is 14.4 Å². The van der Waals surface area contributed by atoms with Gasteiger partial charge in [-0.2, -0.15) is 0 Å². The Morgan fingerprint density at radius 1 is 1.38 bits per heavy atom. The lowest BCUT2D eigenvalue weighted by Crippen LogP contribution is -2.49. The first-order chi connectivity index (χ1) is 11.4. The summed E-state index contributed by atoms with van der Waals surface area (Å²) in [6.45, 7) is 1.94. The molecule has 1 heterocycles. The van der Waals surface area contributed by atoms with Crippen LogP contribution in [0.5, 0.6) is 0 Å². The van der Waals surface area contributed by atoms with Gasteiger partial charge in [-0.3, -0.25) is 9.59 Å². The molecule has 1 saturated heterocycles. The molecule has 0 spiro atoms. The highest BCUT2D eigenvalue weighted by Gasteiger charge is 2.30. The number of aliphatic carboxylic acids is 1. The lowest BCUT2D eigenvalue weighted by molar-refractivity contribution is -0.159. The van der Waals surface area contributed by atoms with Gasteiger partial charge in [0.2, 0.25) is 11.8 Å². The maximum absolute atomic E-state index is 12.5. The van der Waals surface area contributed by atoms with Crippen molar-refractivity contribution in [1.29, 1.82) is 0 Å². The van der Waals surface area contributed by atoms with Crippen LogP contribution in [0.2, 0.25) is 0 Å². The van der Waals surface area contributed by atoms with E-state index < -0.39 is 18.1 Å². The highest BCUT2D eigenvalue weighted by atomic mass is 79.9. The number of nitrogens with zero attached hydrogens (tertiary/aromatic N) is 1. The van der Waals surface area contributed by atoms with Crippen LogP contribution in [0.1, 0.15) is 24.9 Å². The van der Waals surface area contributed by atoms with Gasteiger partial charge in [-0.15, -0.1) is 0 Å². The summed E-state index contributed by atoms with van der Waals surface area (Å²) in [4.78, 5) is 36.5. The normalized spacial score (nSPS) is 18.8. The Kier molecular flexibility index (Phi) is 6.33. The Labute approximate surface area is 148 Å². The van der Waals surface area contributed by atoms with E-state index in [-0.39, 0.29) is 31.4 Å². The molecule has 1 aliphatic heterocycles. The molecular weight excluding hydrogens is 380 g/mol. The van der Waals surface area contributed by atoms with Crippen molar-refractivity contribution >= 4 is 33.7 Å². The van der Waals surface area contributed by atoms with Crippen LogP contribution in [0.4, 0.5) is 0 Å². The van der Waals surface area contributed by atoms with E-state index >= 15 is 0 Å². The average Bonchev–Trinajstić information content (AvgIpc) is 2.54. The van der Waals surface area contributed by atoms with Gasteiger partial charge in [0, 0.05) is 17.9 Å². The summed E-state index contributed by atoms with van der Waals surface area (Å²) in [7, 11) is 0. The molecule has 130 valence electrons. The highest BCUT2D eigenvalue weighted by Crippen LogP contribution is 2.21. The maximum Gasteiger partial charge on any atom is 0.334 e. The Morgan fingerprint density at radius 3 is 2.62 bits per heavy atom. The summed E-state index contributed by atoms with van der Waals surface area (Å²) in [5.74, 6) is -1.54. The average molecular weight is 399 g/mol. The Morgan fingerprint density at radius 2 is 2.04 bits per heavy atom. The van der Waals surface area contributed by atoms with Crippen LogP contribution in [-0.2, 0) is 19.1 Å². The fraction of sp³-hybridized carbons (Fsp3) is 0.438. The predicted octanol–water partition coefficient (Wildman–Crippen LogP) is 1.33. The molecule has 7 nitrogen and oxygen atoms in total. The van der Waals surface area contributed by atoms with Crippen molar-refractivity contribution in [2.75, 3.05) is 19.7 Å². The van der Waals surface area contributed by atoms with Crippen molar-refractivity contribution in [2.24, 2.45) is 0 Å². The molecule has 2 atom stereocenters. The molecule has 0 saturated carbocycles. The number of carbonyl (C=O) groups excluding carboxylic acids is 2. The molecule has 1 aliphatic rings.